The Morgan fingerprint density at radius 1 is 0.786 bits per heavy atom. The van der Waals surface area contributed by atoms with Crippen LogP contribution in [0, 0.1) is 17.3 Å². The summed E-state index contributed by atoms with van der Waals surface area (Å²) in [6, 6.07) is 0. The molecule has 0 saturated heterocycles. The normalized spacial score (nSPS) is 11.6. The molecule has 0 aromatic heterocycles. The monoisotopic (exact) mass is 200 g/mol. The van der Waals surface area contributed by atoms with E-state index in [1.165, 1.54) is 19.3 Å². The summed E-state index contributed by atoms with van der Waals surface area (Å²) in [5.74, 6) is 1.78. The van der Waals surface area contributed by atoms with Gasteiger partial charge in [0.2, 0.25) is 0 Å². The van der Waals surface area contributed by atoms with Crippen LogP contribution in [0.1, 0.15) is 74.7 Å². The van der Waals surface area contributed by atoms with Crippen molar-refractivity contribution in [2.24, 2.45) is 17.3 Å². The van der Waals surface area contributed by atoms with Crippen LogP contribution in [0.25, 0.3) is 0 Å². The molecule has 0 rings (SSSR count). The number of hydrogen-bond donors (Lipinski definition) is 0. The molecule has 88 valence electrons. The molecule has 0 nitrogen and oxygen atoms in total. The predicted molar refractivity (Wildman–Crippen MR) is 68.7 cm³/mol. The lowest BCUT2D eigenvalue weighted by Crippen LogP contribution is -2.12. The Balaban J connectivity index is 0. The third-order valence-electron chi connectivity index (χ3n) is 3.46. The van der Waals surface area contributed by atoms with Gasteiger partial charge >= 0.3 is 0 Å². The van der Waals surface area contributed by atoms with Crippen molar-refractivity contribution < 1.29 is 0 Å². The standard InChI is InChI=1S/2C7H16/c1-6(2)7(3,4)5;1-4-7(5-2)6-3/h6H,1-5H3;7H,4-6H2,1-3H3. The summed E-state index contributed by atoms with van der Waals surface area (Å²) in [5.41, 5.74) is 0.500. The zero-order valence-electron chi connectivity index (χ0n) is 11.8. The van der Waals surface area contributed by atoms with Gasteiger partial charge in [-0.05, 0) is 17.3 Å². The van der Waals surface area contributed by atoms with Crippen LogP contribution in [0.2, 0.25) is 0 Å². The van der Waals surface area contributed by atoms with Crippen molar-refractivity contribution in [3.8, 4) is 0 Å². The van der Waals surface area contributed by atoms with Gasteiger partial charge in [0.05, 0.1) is 0 Å². The average molecular weight is 200 g/mol. The highest BCUT2D eigenvalue weighted by molar-refractivity contribution is 4.64. The van der Waals surface area contributed by atoms with Gasteiger partial charge in [0.15, 0.2) is 0 Å². The molecule has 0 amide bonds. The molecule has 0 aliphatic rings. The van der Waals surface area contributed by atoms with E-state index in [1.54, 1.807) is 0 Å². The van der Waals surface area contributed by atoms with Crippen molar-refractivity contribution in [1.82, 2.24) is 0 Å². The minimum Gasteiger partial charge on any atom is -0.0651 e. The van der Waals surface area contributed by atoms with Crippen molar-refractivity contribution in [2.75, 3.05) is 0 Å². The van der Waals surface area contributed by atoms with Gasteiger partial charge in [-0.1, -0.05) is 74.7 Å². The summed E-state index contributed by atoms with van der Waals surface area (Å²) in [7, 11) is 0. The Labute approximate surface area is 92.5 Å². The van der Waals surface area contributed by atoms with E-state index in [-0.39, 0.29) is 0 Å². The highest BCUT2D eigenvalue weighted by Crippen LogP contribution is 2.23. The van der Waals surface area contributed by atoms with Crippen molar-refractivity contribution in [3.05, 3.63) is 0 Å². The SMILES string of the molecule is CC(C)C(C)(C)C.CCC(CC)CC. The highest BCUT2D eigenvalue weighted by Gasteiger charge is 2.13. The fraction of sp³-hybridized carbons (Fsp3) is 1.00. The molecule has 0 aromatic rings. The molecule has 0 saturated carbocycles. The number of rotatable bonds is 3. The summed E-state index contributed by atoms with van der Waals surface area (Å²) in [4.78, 5) is 0. The van der Waals surface area contributed by atoms with Gasteiger partial charge < -0.3 is 0 Å². The molecular weight excluding hydrogens is 168 g/mol. The van der Waals surface area contributed by atoms with Crippen molar-refractivity contribution in [1.29, 1.82) is 0 Å². The van der Waals surface area contributed by atoms with Crippen LogP contribution in [0.15, 0.2) is 0 Å². The second kappa shape index (κ2) is 8.32. The van der Waals surface area contributed by atoms with E-state index in [1.807, 2.05) is 0 Å². The molecule has 0 aliphatic carbocycles. The Kier molecular flexibility index (Phi) is 9.76. The third kappa shape index (κ3) is 10.1. The van der Waals surface area contributed by atoms with Gasteiger partial charge in [-0.2, -0.15) is 0 Å². The quantitative estimate of drug-likeness (QED) is 0.562. The third-order valence-corrected chi connectivity index (χ3v) is 3.46. The molecule has 0 bridgehead atoms. The van der Waals surface area contributed by atoms with Gasteiger partial charge in [-0.25, -0.2) is 0 Å². The maximum absolute atomic E-state index is 2.26. The van der Waals surface area contributed by atoms with Crippen LogP contribution in [-0.2, 0) is 0 Å². The zero-order valence-corrected chi connectivity index (χ0v) is 11.8. The molecule has 0 heteroatoms. The number of hydrogen-bond acceptors (Lipinski definition) is 0. The summed E-state index contributed by atoms with van der Waals surface area (Å²) >= 11 is 0. The van der Waals surface area contributed by atoms with Crippen LogP contribution in [0.4, 0.5) is 0 Å². The smallest absolute Gasteiger partial charge is 0.0360 e. The fourth-order valence-electron chi connectivity index (χ4n) is 0.866. The van der Waals surface area contributed by atoms with E-state index in [0.29, 0.717) is 5.41 Å². The molecule has 0 N–H and O–H groups in total. The molecule has 0 unspecified atom stereocenters. The van der Waals surface area contributed by atoms with Crippen molar-refractivity contribution >= 4 is 0 Å². The first kappa shape index (κ1) is 16.4. The van der Waals surface area contributed by atoms with E-state index in [2.05, 4.69) is 55.4 Å². The lowest BCUT2D eigenvalue weighted by atomic mass is 9.84. The van der Waals surface area contributed by atoms with Gasteiger partial charge in [0.1, 0.15) is 0 Å². The average Bonchev–Trinajstić information content (AvgIpc) is 2.07. The first-order valence-electron chi connectivity index (χ1n) is 6.29. The zero-order chi connectivity index (χ0) is 11.8. The lowest BCUT2D eigenvalue weighted by Gasteiger charge is -2.22. The molecule has 0 aliphatic heterocycles. The maximum atomic E-state index is 2.26. The second-order valence-corrected chi connectivity index (χ2v) is 5.61. The maximum Gasteiger partial charge on any atom is -0.0360 e. The molecule has 0 atom stereocenters. The summed E-state index contributed by atoms with van der Waals surface area (Å²) in [6.07, 6.45) is 4.06. The lowest BCUT2D eigenvalue weighted by molar-refractivity contribution is 0.283. The fourth-order valence-corrected chi connectivity index (χ4v) is 0.866. The van der Waals surface area contributed by atoms with E-state index >= 15 is 0 Å². The molecule has 0 heterocycles. The summed E-state index contributed by atoms with van der Waals surface area (Å²) in [6.45, 7) is 18.1. The molecule has 0 aromatic carbocycles. The van der Waals surface area contributed by atoms with Crippen LogP contribution in [-0.4, -0.2) is 0 Å². The van der Waals surface area contributed by atoms with E-state index in [0.717, 1.165) is 11.8 Å². The van der Waals surface area contributed by atoms with E-state index < -0.39 is 0 Å². The Hall–Kier alpha value is 0. The summed E-state index contributed by atoms with van der Waals surface area (Å²) in [5, 5.41) is 0. The van der Waals surface area contributed by atoms with Crippen molar-refractivity contribution in [3.63, 3.8) is 0 Å². The van der Waals surface area contributed by atoms with Crippen molar-refractivity contribution in [2.45, 2.75) is 74.7 Å². The second-order valence-electron chi connectivity index (χ2n) is 5.61. The highest BCUT2D eigenvalue weighted by atomic mass is 14.2. The molecule has 14 heavy (non-hydrogen) atoms. The van der Waals surface area contributed by atoms with Crippen LogP contribution in [0.5, 0.6) is 0 Å². The Bertz CT molecular complexity index is 96.2. The van der Waals surface area contributed by atoms with Gasteiger partial charge in [0.25, 0.3) is 0 Å². The first-order valence-corrected chi connectivity index (χ1v) is 6.29. The van der Waals surface area contributed by atoms with Crippen LogP contribution in [0.3, 0.4) is 0 Å². The Morgan fingerprint density at radius 2 is 1.00 bits per heavy atom. The molecule has 0 radical (unpaired) electrons. The minimum absolute atomic E-state index is 0.500. The van der Waals surface area contributed by atoms with E-state index in [4.69, 9.17) is 0 Å². The van der Waals surface area contributed by atoms with E-state index in [9.17, 15) is 0 Å². The van der Waals surface area contributed by atoms with Crippen LogP contribution >= 0.6 is 0 Å². The van der Waals surface area contributed by atoms with Crippen LogP contribution < -0.4 is 0 Å². The van der Waals surface area contributed by atoms with Gasteiger partial charge in [-0.15, -0.1) is 0 Å². The molecule has 0 fully saturated rings. The topological polar surface area (TPSA) is 0 Å². The molecular formula is C14H32. The predicted octanol–water partition coefficient (Wildman–Crippen LogP) is 5.52. The van der Waals surface area contributed by atoms with Gasteiger partial charge in [0, 0.05) is 0 Å². The minimum atomic E-state index is 0.500. The first-order chi connectivity index (χ1) is 6.29. The largest absolute Gasteiger partial charge is 0.0651 e. The molecule has 0 spiro atoms. The summed E-state index contributed by atoms with van der Waals surface area (Å²) < 4.78 is 0. The Morgan fingerprint density at radius 3 is 1.00 bits per heavy atom. The van der Waals surface area contributed by atoms with Gasteiger partial charge in [-0.3, -0.25) is 0 Å².